The molecule has 1 aliphatic heterocycles. The highest BCUT2D eigenvalue weighted by Gasteiger charge is 2.21. The number of nitrogens with zero attached hydrogens (tertiary/aromatic N) is 3. The molecular formula is C24H27N5O. The number of H-pyrrole nitrogens is 2. The number of benzene rings is 2. The lowest BCUT2D eigenvalue weighted by molar-refractivity contribution is 0.173. The zero-order valence-corrected chi connectivity index (χ0v) is 17.3. The number of hydrogen-bond donors (Lipinski definition) is 2. The average Bonchev–Trinajstić information content (AvgIpc) is 3.42. The van der Waals surface area contributed by atoms with Crippen molar-refractivity contribution in [2.24, 2.45) is 5.92 Å². The number of likely N-dealkylation sites (tertiary alicyclic amines) is 1. The Labute approximate surface area is 176 Å². The second kappa shape index (κ2) is 8.32. The largest absolute Gasteiger partial charge is 0.497 e. The van der Waals surface area contributed by atoms with Gasteiger partial charge in [0.2, 0.25) is 0 Å². The van der Waals surface area contributed by atoms with E-state index >= 15 is 0 Å². The van der Waals surface area contributed by atoms with Crippen LogP contribution in [0.1, 0.15) is 24.2 Å². The number of aromatic amines is 2. The summed E-state index contributed by atoms with van der Waals surface area (Å²) >= 11 is 0. The summed E-state index contributed by atoms with van der Waals surface area (Å²) in [5.41, 5.74) is 3.52. The monoisotopic (exact) mass is 401 g/mol. The summed E-state index contributed by atoms with van der Waals surface area (Å²) in [5.74, 6) is 3.34. The van der Waals surface area contributed by atoms with Gasteiger partial charge in [0.15, 0.2) is 5.82 Å². The van der Waals surface area contributed by atoms with Crippen LogP contribution in [0, 0.1) is 5.92 Å². The van der Waals surface area contributed by atoms with Crippen LogP contribution in [-0.2, 0) is 13.0 Å². The molecule has 3 heterocycles. The Balaban J connectivity index is 1.21. The van der Waals surface area contributed by atoms with Gasteiger partial charge in [-0.3, -0.25) is 4.90 Å². The second-order valence-electron chi connectivity index (χ2n) is 8.14. The maximum atomic E-state index is 5.31. The maximum absolute atomic E-state index is 5.31. The minimum atomic E-state index is 0.775. The minimum absolute atomic E-state index is 0.775. The van der Waals surface area contributed by atoms with Crippen LogP contribution in [0.3, 0.4) is 0 Å². The summed E-state index contributed by atoms with van der Waals surface area (Å²) in [7, 11) is 1.68. The van der Waals surface area contributed by atoms with E-state index in [9.17, 15) is 0 Å². The molecule has 0 atom stereocenters. The van der Waals surface area contributed by atoms with Crippen LogP contribution in [-0.4, -0.2) is 45.3 Å². The molecule has 2 aromatic heterocycles. The molecule has 0 aliphatic carbocycles. The van der Waals surface area contributed by atoms with Gasteiger partial charge < -0.3 is 14.7 Å². The van der Waals surface area contributed by atoms with E-state index in [2.05, 4.69) is 61.5 Å². The molecule has 1 fully saturated rings. The summed E-state index contributed by atoms with van der Waals surface area (Å²) in [5, 5.41) is 9.92. The zero-order chi connectivity index (χ0) is 20.3. The summed E-state index contributed by atoms with van der Waals surface area (Å²) in [6.45, 7) is 3.04. The van der Waals surface area contributed by atoms with E-state index in [-0.39, 0.29) is 0 Å². The van der Waals surface area contributed by atoms with E-state index < -0.39 is 0 Å². The van der Waals surface area contributed by atoms with Gasteiger partial charge in [-0.15, -0.1) is 10.2 Å². The van der Waals surface area contributed by atoms with E-state index in [1.54, 1.807) is 7.11 Å². The lowest BCUT2D eigenvalue weighted by atomic mass is 9.90. The first-order chi connectivity index (χ1) is 14.8. The number of nitrogens with one attached hydrogen (secondary N) is 2. The molecule has 154 valence electrons. The van der Waals surface area contributed by atoms with Gasteiger partial charge >= 0.3 is 0 Å². The van der Waals surface area contributed by atoms with E-state index in [0.717, 1.165) is 59.4 Å². The van der Waals surface area contributed by atoms with Crippen molar-refractivity contribution in [3.05, 3.63) is 66.1 Å². The van der Waals surface area contributed by atoms with Gasteiger partial charge in [0.1, 0.15) is 11.6 Å². The third-order valence-corrected chi connectivity index (χ3v) is 6.13. The molecule has 1 aliphatic rings. The maximum Gasteiger partial charge on any atom is 0.163 e. The highest BCUT2D eigenvalue weighted by atomic mass is 16.5. The summed E-state index contributed by atoms with van der Waals surface area (Å²) in [4.78, 5) is 9.20. The van der Waals surface area contributed by atoms with Gasteiger partial charge in [-0.1, -0.05) is 30.3 Å². The number of ether oxygens (including phenoxy) is 1. The lowest BCUT2D eigenvalue weighted by Gasteiger charge is -2.31. The first-order valence-corrected chi connectivity index (χ1v) is 10.6. The second-order valence-corrected chi connectivity index (χ2v) is 8.14. The Morgan fingerprint density at radius 1 is 1.07 bits per heavy atom. The predicted molar refractivity (Wildman–Crippen MR) is 118 cm³/mol. The lowest BCUT2D eigenvalue weighted by Crippen LogP contribution is -2.34. The molecule has 0 unspecified atom stereocenters. The standard InChI is InChI=1S/C24H27N5O/c1-30-19-7-8-20-21(15-25-22(20)14-19)24-26-23(27-28-24)16-29-11-9-18(10-12-29)13-17-5-3-2-4-6-17/h2-8,14-15,18,25H,9-13,16H2,1H3,(H,26,27,28). The molecule has 2 N–H and O–H groups in total. The van der Waals surface area contributed by atoms with Crippen LogP contribution in [0.25, 0.3) is 22.3 Å². The molecule has 0 amide bonds. The number of hydrogen-bond acceptors (Lipinski definition) is 4. The normalized spacial score (nSPS) is 15.6. The van der Waals surface area contributed by atoms with Gasteiger partial charge in [-0.05, 0) is 56.0 Å². The van der Waals surface area contributed by atoms with Crippen molar-refractivity contribution in [3.8, 4) is 17.1 Å². The van der Waals surface area contributed by atoms with Crippen LogP contribution in [0.5, 0.6) is 5.75 Å². The van der Waals surface area contributed by atoms with Crippen LogP contribution in [0.4, 0.5) is 0 Å². The Hall–Kier alpha value is -3.12. The quantitative estimate of drug-likeness (QED) is 0.502. The Kier molecular flexibility index (Phi) is 5.24. The molecular weight excluding hydrogens is 374 g/mol. The van der Waals surface area contributed by atoms with Crippen molar-refractivity contribution in [1.29, 1.82) is 0 Å². The molecule has 4 aromatic rings. The third-order valence-electron chi connectivity index (χ3n) is 6.13. The van der Waals surface area contributed by atoms with Gasteiger partial charge in [-0.2, -0.15) is 0 Å². The third kappa shape index (κ3) is 3.96. The smallest absolute Gasteiger partial charge is 0.163 e. The van der Waals surface area contributed by atoms with Crippen molar-refractivity contribution in [1.82, 2.24) is 25.1 Å². The fraction of sp³-hybridized carbons (Fsp3) is 0.333. The van der Waals surface area contributed by atoms with Crippen molar-refractivity contribution in [2.75, 3.05) is 20.2 Å². The molecule has 0 saturated carbocycles. The van der Waals surface area contributed by atoms with E-state index in [4.69, 9.17) is 4.74 Å². The predicted octanol–water partition coefficient (Wildman–Crippen LogP) is 4.42. The number of aromatic nitrogens is 4. The Morgan fingerprint density at radius 3 is 2.70 bits per heavy atom. The van der Waals surface area contributed by atoms with Gasteiger partial charge in [0.05, 0.1) is 13.7 Å². The molecule has 2 aromatic carbocycles. The molecule has 6 nitrogen and oxygen atoms in total. The van der Waals surface area contributed by atoms with Crippen molar-refractivity contribution < 1.29 is 4.74 Å². The van der Waals surface area contributed by atoms with Crippen LogP contribution >= 0.6 is 0 Å². The zero-order valence-electron chi connectivity index (χ0n) is 17.3. The number of methoxy groups -OCH3 is 1. The number of fused-ring (bicyclic) bond motifs is 1. The number of piperidine rings is 1. The first kappa shape index (κ1) is 18.9. The molecule has 30 heavy (non-hydrogen) atoms. The summed E-state index contributed by atoms with van der Waals surface area (Å²) in [6, 6.07) is 16.9. The van der Waals surface area contributed by atoms with E-state index in [1.807, 2.05) is 18.3 Å². The highest BCUT2D eigenvalue weighted by Crippen LogP contribution is 2.29. The fourth-order valence-electron chi connectivity index (χ4n) is 4.43. The molecule has 0 spiro atoms. The van der Waals surface area contributed by atoms with E-state index in [0.29, 0.717) is 0 Å². The van der Waals surface area contributed by atoms with Gasteiger partial charge in [0, 0.05) is 28.7 Å². The van der Waals surface area contributed by atoms with E-state index in [1.165, 1.54) is 24.8 Å². The van der Waals surface area contributed by atoms with Crippen LogP contribution in [0.2, 0.25) is 0 Å². The molecule has 0 bridgehead atoms. The summed E-state index contributed by atoms with van der Waals surface area (Å²) in [6.07, 6.45) is 5.64. The van der Waals surface area contributed by atoms with Crippen LogP contribution in [0.15, 0.2) is 54.7 Å². The average molecular weight is 402 g/mol. The molecule has 1 saturated heterocycles. The van der Waals surface area contributed by atoms with Gasteiger partial charge in [0.25, 0.3) is 0 Å². The SMILES string of the molecule is COc1ccc2c(-c3nnc(CN4CCC(Cc5ccccc5)CC4)[nH]3)c[nH]c2c1. The van der Waals surface area contributed by atoms with Crippen molar-refractivity contribution in [2.45, 2.75) is 25.8 Å². The van der Waals surface area contributed by atoms with Crippen molar-refractivity contribution >= 4 is 10.9 Å². The van der Waals surface area contributed by atoms with Crippen molar-refractivity contribution in [3.63, 3.8) is 0 Å². The van der Waals surface area contributed by atoms with Gasteiger partial charge in [-0.25, -0.2) is 0 Å². The molecule has 6 heteroatoms. The Morgan fingerprint density at radius 2 is 1.90 bits per heavy atom. The molecule has 5 rings (SSSR count). The molecule has 0 radical (unpaired) electrons. The minimum Gasteiger partial charge on any atom is -0.497 e. The van der Waals surface area contributed by atoms with Crippen LogP contribution < -0.4 is 4.74 Å². The first-order valence-electron chi connectivity index (χ1n) is 10.6. The Bertz CT molecular complexity index is 1110. The topological polar surface area (TPSA) is 69.8 Å². The number of rotatable bonds is 6. The highest BCUT2D eigenvalue weighted by molar-refractivity contribution is 5.94. The summed E-state index contributed by atoms with van der Waals surface area (Å²) < 4.78 is 5.31. The fourth-order valence-corrected chi connectivity index (χ4v) is 4.43.